The van der Waals surface area contributed by atoms with E-state index in [1.807, 2.05) is 32.0 Å². The summed E-state index contributed by atoms with van der Waals surface area (Å²) < 4.78 is 0. The third-order valence-electron chi connectivity index (χ3n) is 3.64. The van der Waals surface area contributed by atoms with Gasteiger partial charge in [0, 0.05) is 18.3 Å². The number of carbonyl (C=O) groups is 1. The SMILES string of the molecule is CCN(CC)[C@H](C)CNC(=O)Nc1cc(C)ccc1C. The number of benzene rings is 1. The first-order chi connectivity index (χ1) is 9.47. The zero-order chi connectivity index (χ0) is 15.1. The van der Waals surface area contributed by atoms with Crippen molar-refractivity contribution in [3.63, 3.8) is 0 Å². The summed E-state index contributed by atoms with van der Waals surface area (Å²) in [7, 11) is 0. The van der Waals surface area contributed by atoms with E-state index in [4.69, 9.17) is 0 Å². The Balaban J connectivity index is 2.50. The zero-order valence-electron chi connectivity index (χ0n) is 13.3. The number of likely N-dealkylation sites (N-methyl/N-ethyl adjacent to an activating group) is 1. The molecule has 0 aliphatic heterocycles. The quantitative estimate of drug-likeness (QED) is 0.839. The second-order valence-electron chi connectivity index (χ2n) is 5.22. The summed E-state index contributed by atoms with van der Waals surface area (Å²) in [6.45, 7) is 13.1. The molecule has 0 aliphatic rings. The molecule has 112 valence electrons. The minimum absolute atomic E-state index is 0.141. The van der Waals surface area contributed by atoms with Crippen LogP contribution >= 0.6 is 0 Å². The first kappa shape index (κ1) is 16.5. The van der Waals surface area contributed by atoms with Crippen LogP contribution < -0.4 is 10.6 Å². The average Bonchev–Trinajstić information content (AvgIpc) is 2.42. The van der Waals surface area contributed by atoms with Crippen molar-refractivity contribution in [3.8, 4) is 0 Å². The molecule has 1 aromatic carbocycles. The van der Waals surface area contributed by atoms with E-state index in [2.05, 4.69) is 36.3 Å². The number of hydrogen-bond donors (Lipinski definition) is 2. The third kappa shape index (κ3) is 4.85. The van der Waals surface area contributed by atoms with Gasteiger partial charge in [-0.25, -0.2) is 4.79 Å². The normalized spacial score (nSPS) is 12.3. The first-order valence-corrected chi connectivity index (χ1v) is 7.34. The Bertz CT molecular complexity index is 441. The maximum Gasteiger partial charge on any atom is 0.319 e. The van der Waals surface area contributed by atoms with Crippen molar-refractivity contribution in [2.75, 3.05) is 25.0 Å². The lowest BCUT2D eigenvalue weighted by Crippen LogP contribution is -2.43. The van der Waals surface area contributed by atoms with E-state index in [1.54, 1.807) is 0 Å². The average molecular weight is 277 g/mol. The van der Waals surface area contributed by atoms with Crippen molar-refractivity contribution in [3.05, 3.63) is 29.3 Å². The van der Waals surface area contributed by atoms with Gasteiger partial charge < -0.3 is 10.6 Å². The van der Waals surface area contributed by atoms with Crippen LogP contribution in [0.1, 0.15) is 31.9 Å². The molecule has 4 heteroatoms. The number of anilines is 1. The smallest absolute Gasteiger partial charge is 0.319 e. The minimum Gasteiger partial charge on any atom is -0.336 e. The van der Waals surface area contributed by atoms with Crippen molar-refractivity contribution in [1.29, 1.82) is 0 Å². The fourth-order valence-corrected chi connectivity index (χ4v) is 2.25. The number of nitrogens with zero attached hydrogens (tertiary/aromatic N) is 1. The molecule has 0 unspecified atom stereocenters. The molecule has 1 aromatic rings. The minimum atomic E-state index is -0.141. The Morgan fingerprint density at radius 1 is 1.25 bits per heavy atom. The van der Waals surface area contributed by atoms with Crippen LogP contribution in [0.15, 0.2) is 18.2 Å². The van der Waals surface area contributed by atoms with Crippen LogP contribution in [0.25, 0.3) is 0 Å². The number of carbonyl (C=O) groups excluding carboxylic acids is 1. The largest absolute Gasteiger partial charge is 0.336 e. The number of aryl methyl sites for hydroxylation is 2. The van der Waals surface area contributed by atoms with Crippen molar-refractivity contribution >= 4 is 11.7 Å². The van der Waals surface area contributed by atoms with Gasteiger partial charge in [-0.2, -0.15) is 0 Å². The Morgan fingerprint density at radius 2 is 1.90 bits per heavy atom. The Hall–Kier alpha value is -1.55. The van der Waals surface area contributed by atoms with Crippen LogP contribution in [0.3, 0.4) is 0 Å². The molecule has 1 atom stereocenters. The van der Waals surface area contributed by atoms with Gasteiger partial charge in [0.15, 0.2) is 0 Å². The van der Waals surface area contributed by atoms with Crippen LogP contribution in [0.5, 0.6) is 0 Å². The first-order valence-electron chi connectivity index (χ1n) is 7.34. The van der Waals surface area contributed by atoms with E-state index < -0.39 is 0 Å². The highest BCUT2D eigenvalue weighted by atomic mass is 16.2. The summed E-state index contributed by atoms with van der Waals surface area (Å²) in [6, 6.07) is 6.25. The van der Waals surface area contributed by atoms with Gasteiger partial charge in [-0.15, -0.1) is 0 Å². The maximum absolute atomic E-state index is 11.9. The van der Waals surface area contributed by atoms with Gasteiger partial charge >= 0.3 is 6.03 Å². The Kier molecular flexibility index (Phi) is 6.52. The molecule has 0 radical (unpaired) electrons. The third-order valence-corrected chi connectivity index (χ3v) is 3.64. The monoisotopic (exact) mass is 277 g/mol. The van der Waals surface area contributed by atoms with Gasteiger partial charge in [0.05, 0.1) is 0 Å². The molecule has 2 amide bonds. The predicted molar refractivity (Wildman–Crippen MR) is 85.3 cm³/mol. The van der Waals surface area contributed by atoms with E-state index in [-0.39, 0.29) is 6.03 Å². The highest BCUT2D eigenvalue weighted by molar-refractivity contribution is 5.90. The summed E-state index contributed by atoms with van der Waals surface area (Å²) in [5, 5.41) is 5.85. The van der Waals surface area contributed by atoms with Crippen molar-refractivity contribution in [2.24, 2.45) is 0 Å². The molecule has 0 bridgehead atoms. The number of nitrogens with one attached hydrogen (secondary N) is 2. The van der Waals surface area contributed by atoms with Crippen LogP contribution in [0.4, 0.5) is 10.5 Å². The van der Waals surface area contributed by atoms with Gasteiger partial charge in [-0.3, -0.25) is 4.90 Å². The van der Waals surface area contributed by atoms with Gasteiger partial charge in [0.25, 0.3) is 0 Å². The Labute approximate surface area is 122 Å². The van der Waals surface area contributed by atoms with E-state index in [9.17, 15) is 4.79 Å². The number of urea groups is 1. The van der Waals surface area contributed by atoms with E-state index in [0.717, 1.165) is 29.9 Å². The number of amides is 2. The van der Waals surface area contributed by atoms with Crippen molar-refractivity contribution < 1.29 is 4.79 Å². The maximum atomic E-state index is 11.9. The zero-order valence-corrected chi connectivity index (χ0v) is 13.3. The van der Waals surface area contributed by atoms with Gasteiger partial charge in [0.1, 0.15) is 0 Å². The number of hydrogen-bond acceptors (Lipinski definition) is 2. The molecule has 4 nitrogen and oxygen atoms in total. The van der Waals surface area contributed by atoms with Crippen LogP contribution in [-0.2, 0) is 0 Å². The van der Waals surface area contributed by atoms with E-state index >= 15 is 0 Å². The second kappa shape index (κ2) is 7.90. The lowest BCUT2D eigenvalue weighted by molar-refractivity contribution is 0.220. The molecular formula is C16H27N3O. The summed E-state index contributed by atoms with van der Waals surface area (Å²) in [5.41, 5.74) is 3.09. The number of rotatable bonds is 6. The molecular weight excluding hydrogens is 250 g/mol. The highest BCUT2D eigenvalue weighted by Gasteiger charge is 2.11. The molecule has 1 rings (SSSR count). The van der Waals surface area contributed by atoms with Gasteiger partial charge in [0.2, 0.25) is 0 Å². The Morgan fingerprint density at radius 3 is 2.50 bits per heavy atom. The molecule has 0 spiro atoms. The molecule has 0 saturated heterocycles. The van der Waals surface area contributed by atoms with Gasteiger partial charge in [-0.05, 0) is 51.1 Å². The molecule has 20 heavy (non-hydrogen) atoms. The summed E-state index contributed by atoms with van der Waals surface area (Å²) >= 11 is 0. The molecule has 0 fully saturated rings. The highest BCUT2D eigenvalue weighted by Crippen LogP contribution is 2.15. The van der Waals surface area contributed by atoms with Crippen molar-refractivity contribution in [1.82, 2.24) is 10.2 Å². The van der Waals surface area contributed by atoms with Gasteiger partial charge in [-0.1, -0.05) is 26.0 Å². The summed E-state index contributed by atoms with van der Waals surface area (Å²) in [4.78, 5) is 14.3. The van der Waals surface area contributed by atoms with E-state index in [0.29, 0.717) is 12.6 Å². The van der Waals surface area contributed by atoms with E-state index in [1.165, 1.54) is 0 Å². The molecule has 0 aromatic heterocycles. The molecule has 0 saturated carbocycles. The summed E-state index contributed by atoms with van der Waals surface area (Å²) in [6.07, 6.45) is 0. The van der Waals surface area contributed by atoms with Crippen LogP contribution in [0.2, 0.25) is 0 Å². The fourth-order valence-electron chi connectivity index (χ4n) is 2.25. The lowest BCUT2D eigenvalue weighted by Gasteiger charge is -2.26. The lowest BCUT2D eigenvalue weighted by atomic mass is 10.1. The van der Waals surface area contributed by atoms with Crippen LogP contribution in [-0.4, -0.2) is 36.6 Å². The summed E-state index contributed by atoms with van der Waals surface area (Å²) in [5.74, 6) is 0. The fraction of sp³-hybridized carbons (Fsp3) is 0.562. The topological polar surface area (TPSA) is 44.4 Å². The standard InChI is InChI=1S/C16H27N3O/c1-6-19(7-2)14(5)11-17-16(20)18-15-10-12(3)8-9-13(15)4/h8-10,14H,6-7,11H2,1-5H3,(H2,17,18,20)/t14-/m1/s1. The molecule has 2 N–H and O–H groups in total. The molecule has 0 heterocycles. The second-order valence-corrected chi connectivity index (χ2v) is 5.22. The molecule has 0 aliphatic carbocycles. The van der Waals surface area contributed by atoms with Crippen molar-refractivity contribution in [2.45, 2.75) is 40.7 Å². The van der Waals surface area contributed by atoms with Crippen LogP contribution in [0, 0.1) is 13.8 Å². The predicted octanol–water partition coefficient (Wildman–Crippen LogP) is 3.16.